The summed E-state index contributed by atoms with van der Waals surface area (Å²) < 4.78 is 92.2. The Balaban J connectivity index is 0.000000374. The summed E-state index contributed by atoms with van der Waals surface area (Å²) in [7, 11) is 6.17. The maximum absolute atomic E-state index is 14.6. The van der Waals surface area contributed by atoms with E-state index in [0.29, 0.717) is 237 Å². The molecule has 4 aliphatic heterocycles. The molecule has 1 saturated carbocycles. The van der Waals surface area contributed by atoms with Crippen LogP contribution in [-0.4, -0.2) is 319 Å². The number of nitrogens with one attached hydrogen (secondary N) is 1. The number of hydrogen-bond acceptors (Lipinski definition) is 30. The molecule has 34 nitrogen and oxygen atoms in total. The Morgan fingerprint density at radius 1 is 0.682 bits per heavy atom. The zero-order valence-corrected chi connectivity index (χ0v) is 78.3. The van der Waals surface area contributed by atoms with E-state index in [4.69, 9.17) is 86.6 Å². The first-order valence-corrected chi connectivity index (χ1v) is 46.4. The van der Waals surface area contributed by atoms with Crippen LogP contribution in [0.1, 0.15) is 177 Å². The number of esters is 2. The molecule has 0 spiro atoms. The van der Waals surface area contributed by atoms with E-state index in [1.54, 1.807) is 54.4 Å². The molecule has 34 heteroatoms. The number of ketones is 3. The predicted octanol–water partition coefficient (Wildman–Crippen LogP) is 10.2. The van der Waals surface area contributed by atoms with Gasteiger partial charge < -0.3 is 107 Å². The lowest BCUT2D eigenvalue weighted by molar-refractivity contribution is -0.265. The van der Waals surface area contributed by atoms with Crippen LogP contribution in [0, 0.1) is 35.5 Å². The summed E-state index contributed by atoms with van der Waals surface area (Å²) in [5.41, 5.74) is 10.6. The van der Waals surface area contributed by atoms with E-state index in [1.807, 2.05) is 86.0 Å². The van der Waals surface area contributed by atoms with Gasteiger partial charge in [0.1, 0.15) is 59.7 Å². The monoisotopic (exact) mass is 1810 g/mol. The van der Waals surface area contributed by atoms with Crippen molar-refractivity contribution in [1.82, 2.24) is 39.5 Å². The molecule has 8 heterocycles. The van der Waals surface area contributed by atoms with Gasteiger partial charge in [0, 0.05) is 122 Å². The molecular weight excluding hydrogens is 1670 g/mol. The number of anilines is 1. The summed E-state index contributed by atoms with van der Waals surface area (Å²) in [5.74, 6) is -8.26. The van der Waals surface area contributed by atoms with Crippen molar-refractivity contribution in [2.75, 3.05) is 179 Å². The van der Waals surface area contributed by atoms with Crippen LogP contribution in [-0.2, 0) is 109 Å². The number of hydrogen-bond donors (Lipinski definition) is 4. The van der Waals surface area contributed by atoms with Crippen LogP contribution in [0.4, 0.5) is 5.82 Å². The number of piperidine rings is 2. The van der Waals surface area contributed by atoms with Crippen LogP contribution >= 0.6 is 0 Å². The Hall–Kier alpha value is -7.75. The molecule has 722 valence electrons. The zero-order valence-electron chi connectivity index (χ0n) is 78.3. The van der Waals surface area contributed by atoms with Crippen LogP contribution in [0.2, 0.25) is 0 Å². The molecule has 2 bridgehead atoms. The van der Waals surface area contributed by atoms with Crippen molar-refractivity contribution in [2.24, 2.45) is 35.5 Å². The van der Waals surface area contributed by atoms with Crippen molar-refractivity contribution in [2.45, 2.75) is 232 Å². The molecule has 4 aromatic heterocycles. The number of H-pyrrole nitrogens is 1. The number of nitrogens with zero attached hydrogens (tertiary/aromatic N) is 7. The maximum atomic E-state index is 14.6. The number of aliphatic hydroxyl groups excluding tert-OH is 1. The van der Waals surface area contributed by atoms with Gasteiger partial charge in [-0.05, 0) is 145 Å². The van der Waals surface area contributed by atoms with E-state index in [9.17, 15) is 43.8 Å². The number of nitrogen functional groups attached to an aromatic ring is 1. The number of methoxy groups -OCH3 is 4. The number of rotatable bonds is 42. The first-order chi connectivity index (χ1) is 62.3. The summed E-state index contributed by atoms with van der Waals surface area (Å²) in [6.45, 7) is 25.3. The van der Waals surface area contributed by atoms with E-state index in [0.717, 1.165) is 48.0 Å². The van der Waals surface area contributed by atoms with Gasteiger partial charge in [-0.15, -0.1) is 0 Å². The number of aromatic nitrogens is 6. The zero-order chi connectivity index (χ0) is 93.0. The van der Waals surface area contributed by atoms with Crippen LogP contribution in [0.25, 0.3) is 33.3 Å². The second kappa shape index (κ2) is 57.6. The van der Waals surface area contributed by atoms with Gasteiger partial charge in [-0.25, -0.2) is 24.4 Å². The molecule has 2 amide bonds. The molecule has 3 saturated heterocycles. The molecule has 129 heavy (non-hydrogen) atoms. The second-order valence-corrected chi connectivity index (χ2v) is 34.4. The number of cyclic esters (lactones) is 1. The van der Waals surface area contributed by atoms with Crippen molar-refractivity contribution in [3.63, 3.8) is 0 Å². The third-order valence-electron chi connectivity index (χ3n) is 24.6. The molecule has 15 atom stereocenters. The minimum atomic E-state index is -2.46. The first-order valence-electron chi connectivity index (χ1n) is 46.4. The number of aliphatic hydroxyl groups is 2. The summed E-state index contributed by atoms with van der Waals surface area (Å²) in [6.07, 6.45) is 19.2. The Morgan fingerprint density at radius 2 is 1.33 bits per heavy atom. The normalized spacial score (nSPS) is 27.0. The molecule has 0 unspecified atom stereocenters. The Labute approximate surface area is 760 Å². The average molecular weight is 1820 g/mol. The highest BCUT2D eigenvalue weighted by Gasteiger charge is 2.53. The third kappa shape index (κ3) is 34.0. The number of fused-ring (bicyclic) bond motifs is 5. The summed E-state index contributed by atoms with van der Waals surface area (Å²) >= 11 is 0. The van der Waals surface area contributed by atoms with E-state index in [2.05, 4.69) is 26.9 Å². The molecule has 1 aliphatic carbocycles. The minimum absolute atomic E-state index is 0.00167. The van der Waals surface area contributed by atoms with Gasteiger partial charge >= 0.3 is 11.9 Å². The van der Waals surface area contributed by atoms with Gasteiger partial charge in [0.05, 0.1) is 148 Å². The van der Waals surface area contributed by atoms with Crippen molar-refractivity contribution in [3.8, 4) is 11.3 Å². The van der Waals surface area contributed by atoms with Gasteiger partial charge in [0.25, 0.3) is 11.7 Å². The van der Waals surface area contributed by atoms with Crippen LogP contribution in [0.5, 0.6) is 0 Å². The fourth-order valence-corrected chi connectivity index (χ4v) is 17.0. The van der Waals surface area contributed by atoms with Crippen LogP contribution < -0.4 is 5.73 Å². The molecule has 4 fully saturated rings. The fourth-order valence-electron chi connectivity index (χ4n) is 17.0. The van der Waals surface area contributed by atoms with Gasteiger partial charge in [-0.3, -0.25) is 28.8 Å². The number of aromatic amines is 1. The summed E-state index contributed by atoms with van der Waals surface area (Å²) in [4.78, 5) is 117. The van der Waals surface area contributed by atoms with E-state index >= 15 is 0 Å². The topological polar surface area (TPSA) is 412 Å². The Morgan fingerprint density at radius 3 is 1.96 bits per heavy atom. The number of Topliss-reactive ketones (excluding diaryl/α,β-unsaturated/α-hetero) is 3. The van der Waals surface area contributed by atoms with Crippen molar-refractivity contribution < 1.29 is 120 Å². The molecule has 4 aromatic rings. The summed E-state index contributed by atoms with van der Waals surface area (Å²) in [6, 6.07) is 2.90. The van der Waals surface area contributed by atoms with Gasteiger partial charge in [-0.2, -0.15) is 5.10 Å². The molecule has 9 rings (SSSR count). The number of carbonyl (C=O) groups is 7. The smallest absolute Gasteiger partial charge is 0.329 e. The average Bonchev–Trinajstić information content (AvgIpc) is 1.41. The Bertz CT molecular complexity index is 4170. The first kappa shape index (κ1) is 107. The van der Waals surface area contributed by atoms with Crippen molar-refractivity contribution >= 4 is 69.0 Å². The van der Waals surface area contributed by atoms with Crippen molar-refractivity contribution in [3.05, 3.63) is 78.5 Å². The highest BCUT2D eigenvalue weighted by molar-refractivity contribution is 6.39. The third-order valence-corrected chi connectivity index (χ3v) is 24.6. The van der Waals surface area contributed by atoms with Crippen LogP contribution in [0.15, 0.2) is 78.5 Å². The number of allylic oxidation sites excluding steroid dienone is 6. The largest absolute Gasteiger partial charge is 0.460 e. The Kier molecular flexibility index (Phi) is 47.6. The van der Waals surface area contributed by atoms with E-state index in [1.165, 1.54) is 18.3 Å². The maximum Gasteiger partial charge on any atom is 0.329 e. The van der Waals surface area contributed by atoms with Gasteiger partial charge in [0.2, 0.25) is 11.7 Å². The number of pyridine rings is 1. The second-order valence-electron chi connectivity index (χ2n) is 34.4. The highest BCUT2D eigenvalue weighted by atomic mass is 16.6. The number of amides is 2. The minimum Gasteiger partial charge on any atom is -0.460 e. The van der Waals surface area contributed by atoms with Gasteiger partial charge in [-0.1, -0.05) is 78.0 Å². The molecular formula is C95H147N9O25. The van der Waals surface area contributed by atoms with Crippen molar-refractivity contribution in [1.29, 1.82) is 0 Å². The quantitative estimate of drug-likeness (QED) is 0.0139. The molecule has 5 N–H and O–H groups in total. The number of nitrogens with two attached hydrogens (primary N) is 1. The molecule has 0 aromatic carbocycles. The predicted molar refractivity (Wildman–Crippen MR) is 482 cm³/mol. The number of likely N-dealkylation sites (tertiary alicyclic amines) is 1. The van der Waals surface area contributed by atoms with Gasteiger partial charge in [0.15, 0.2) is 11.4 Å². The van der Waals surface area contributed by atoms with Crippen LogP contribution in [0.3, 0.4) is 0 Å². The van der Waals surface area contributed by atoms with E-state index in [-0.39, 0.29) is 67.1 Å². The standard InChI is InChI=1S/C64H103NO18.C31H44N8O7/c1-12-28-77-30-32-79-34-35-80-33-31-78-29-18-22-57(67)81-53-26-24-49(39-56(53)75-10)38-45(5)55-41-52(66)44(4)37-47(7)59(69)60(76-11)58(68)46(6)36-42(2)19-14-13-15-20-43(3)54(74-9)40-50-25-23-48(8)64(73,83-50)61(70)62(71)65-27-17-16-21-51(65)63(72)82-55;1-41-10-11-43-14-15-45-18-19-46-17-16-44-13-12-42-9-5-26(40)38-7-3-25(4-8-38)39-31-27(29(32)35-22-36-31)28(37-39)24-20-23-2-6-33-30(23)34-21-24/h13-15,19-20,37,42,44-46,48-51,53-56,59-60,69,73H,12,16-18,21-36,38-41H2,1-11H3;2,6,20-22,25H,3-5,7-19H2,1H3,(H,33,34)(H2,32,35,36)/b15-13+,19-14+,43-20+,47-37+;/t42-,44-,45-,46-,48-,49+,50+,51+,53-,54+,55+,56-,59-,60+,64-;/m1./s1. The SMILES string of the molecule is CCCOCCOCCOCCOCCCC(=O)O[C@@H]1CC[C@@H](C[C@@H](C)[C@@H]2CC(=O)[C@H](C)/C=C(\C)[C@@H](O)[C@@H](OC)C(=O)[C@H](C)C[C@H](C)/C=C/C=C/C=C(\C)[C@@H](OC)C[C@@H]3CC[C@@H](C)[C@@](O)(O3)C(=O)C(=O)N3CCCC[C@H]3C(=O)O2)C[C@H]1OC.COCCOCCOCCOCCOCCOCCC(=O)N1CCC(n2nc(-c3cnc4[nH]ccc4c3)c3c(N)ncnc32)CC1. The highest BCUT2D eigenvalue weighted by Crippen LogP contribution is 2.40. The number of carbonyl (C=O) groups excluding carboxylic acids is 7. The fraction of sp³-hybridized carbons (Fsp3) is 0.716. The lowest BCUT2D eigenvalue weighted by Gasteiger charge is -2.42. The number of ether oxygens (including phenoxy) is 16. The molecule has 5 aliphatic rings. The lowest BCUT2D eigenvalue weighted by Crippen LogP contribution is -2.61. The molecule has 0 radical (unpaired) electrons. The van der Waals surface area contributed by atoms with E-state index < -0.39 is 95.9 Å². The lowest BCUT2D eigenvalue weighted by atomic mass is 9.78. The summed E-state index contributed by atoms with van der Waals surface area (Å²) in [5, 5.41) is 30.3.